The Balaban J connectivity index is 1.97. The Morgan fingerprint density at radius 2 is 2.14 bits per heavy atom. The number of carbonyl (C=O) groups excluding carboxylic acids is 2. The molecule has 0 unspecified atom stereocenters. The van der Waals surface area contributed by atoms with Crippen molar-refractivity contribution in [2.75, 3.05) is 6.54 Å². The van der Waals surface area contributed by atoms with Crippen LogP contribution in [0, 0.1) is 5.92 Å². The quantitative estimate of drug-likeness (QED) is 0.569. The molecule has 0 aromatic carbocycles. The first kappa shape index (κ1) is 16.1. The first-order valence-corrected chi connectivity index (χ1v) is 8.54. The largest absolute Gasteiger partial charge is 0.346 e. The topological polar surface area (TPSA) is 85.1 Å². The molecule has 116 valence electrons. The lowest BCUT2D eigenvalue weighted by Crippen LogP contribution is -2.43. The molecule has 2 rings (SSSR count). The van der Waals surface area contributed by atoms with E-state index in [0.29, 0.717) is 18.0 Å². The summed E-state index contributed by atoms with van der Waals surface area (Å²) >= 11 is 1.32. The highest BCUT2D eigenvalue weighted by Gasteiger charge is 2.28. The minimum atomic E-state index is -0.462. The second kappa shape index (κ2) is 8.24. The second-order valence-corrected chi connectivity index (χ2v) is 6.42. The summed E-state index contributed by atoms with van der Waals surface area (Å²) in [5, 5.41) is 5.20. The molecule has 0 bridgehead atoms. The van der Waals surface area contributed by atoms with Crippen LogP contribution in [0.5, 0.6) is 0 Å². The van der Waals surface area contributed by atoms with Crippen LogP contribution in [0.15, 0.2) is 11.6 Å². The van der Waals surface area contributed by atoms with Crippen molar-refractivity contribution >= 4 is 23.0 Å². The SMILES string of the molecule is NCCCC[C@H](NC(=O)C1CCCC1)C(=O)c1nccs1. The summed E-state index contributed by atoms with van der Waals surface area (Å²) < 4.78 is 0. The first-order chi connectivity index (χ1) is 10.2. The third-order valence-electron chi connectivity index (χ3n) is 3.95. The van der Waals surface area contributed by atoms with Gasteiger partial charge in [-0.25, -0.2) is 4.98 Å². The van der Waals surface area contributed by atoms with Gasteiger partial charge in [-0.3, -0.25) is 9.59 Å². The van der Waals surface area contributed by atoms with E-state index in [4.69, 9.17) is 5.73 Å². The van der Waals surface area contributed by atoms with Crippen LogP contribution in [-0.4, -0.2) is 29.3 Å². The number of carbonyl (C=O) groups is 2. The van der Waals surface area contributed by atoms with Crippen LogP contribution in [0.3, 0.4) is 0 Å². The van der Waals surface area contributed by atoms with Crippen molar-refractivity contribution in [2.45, 2.75) is 51.0 Å². The lowest BCUT2D eigenvalue weighted by atomic mass is 10.0. The van der Waals surface area contributed by atoms with Gasteiger partial charge in [0.2, 0.25) is 11.7 Å². The van der Waals surface area contributed by atoms with Crippen molar-refractivity contribution in [1.82, 2.24) is 10.3 Å². The van der Waals surface area contributed by atoms with E-state index in [2.05, 4.69) is 10.3 Å². The fourth-order valence-corrected chi connectivity index (χ4v) is 3.36. The molecule has 0 saturated heterocycles. The monoisotopic (exact) mass is 309 g/mol. The molecule has 1 atom stereocenters. The highest BCUT2D eigenvalue weighted by molar-refractivity contribution is 7.11. The van der Waals surface area contributed by atoms with Crippen molar-refractivity contribution < 1.29 is 9.59 Å². The van der Waals surface area contributed by atoms with Gasteiger partial charge in [0.25, 0.3) is 0 Å². The molecule has 3 N–H and O–H groups in total. The number of nitrogens with zero attached hydrogens (tertiary/aromatic N) is 1. The maximum atomic E-state index is 12.5. The average Bonchev–Trinajstić information content (AvgIpc) is 3.18. The van der Waals surface area contributed by atoms with Crippen molar-refractivity contribution in [2.24, 2.45) is 11.7 Å². The molecule has 0 spiro atoms. The molecule has 1 amide bonds. The van der Waals surface area contributed by atoms with E-state index in [1.807, 2.05) is 0 Å². The molecule has 0 radical (unpaired) electrons. The van der Waals surface area contributed by atoms with Gasteiger partial charge in [-0.2, -0.15) is 0 Å². The number of ketones is 1. The van der Waals surface area contributed by atoms with Gasteiger partial charge >= 0.3 is 0 Å². The van der Waals surface area contributed by atoms with Crippen LogP contribution in [0.1, 0.15) is 54.7 Å². The molecule has 21 heavy (non-hydrogen) atoms. The van der Waals surface area contributed by atoms with E-state index in [-0.39, 0.29) is 17.6 Å². The average molecular weight is 309 g/mol. The number of rotatable bonds is 8. The fraction of sp³-hybridized carbons (Fsp3) is 0.667. The predicted octanol–water partition coefficient (Wildman–Crippen LogP) is 2.13. The lowest BCUT2D eigenvalue weighted by Gasteiger charge is -2.19. The highest BCUT2D eigenvalue weighted by Crippen LogP contribution is 2.25. The number of nitrogens with one attached hydrogen (secondary N) is 1. The van der Waals surface area contributed by atoms with E-state index < -0.39 is 6.04 Å². The van der Waals surface area contributed by atoms with Gasteiger partial charge in [0.05, 0.1) is 6.04 Å². The number of hydrogen-bond acceptors (Lipinski definition) is 5. The minimum absolute atomic E-state index is 0.0233. The van der Waals surface area contributed by atoms with Gasteiger partial charge in [-0.05, 0) is 38.6 Å². The molecule has 1 aliphatic rings. The van der Waals surface area contributed by atoms with Crippen LogP contribution in [0.2, 0.25) is 0 Å². The summed E-state index contributed by atoms with van der Waals surface area (Å²) in [6.07, 6.45) is 8.04. The maximum Gasteiger partial charge on any atom is 0.223 e. The van der Waals surface area contributed by atoms with Crippen molar-refractivity contribution in [3.05, 3.63) is 16.6 Å². The van der Waals surface area contributed by atoms with Gasteiger partial charge in [-0.1, -0.05) is 12.8 Å². The molecular weight excluding hydrogens is 286 g/mol. The third kappa shape index (κ3) is 4.61. The normalized spacial score (nSPS) is 16.8. The van der Waals surface area contributed by atoms with Gasteiger partial charge in [0.1, 0.15) is 0 Å². The smallest absolute Gasteiger partial charge is 0.223 e. The molecule has 1 saturated carbocycles. The fourth-order valence-electron chi connectivity index (χ4n) is 2.73. The van der Waals surface area contributed by atoms with E-state index in [0.717, 1.165) is 38.5 Å². The Kier molecular flexibility index (Phi) is 6.32. The van der Waals surface area contributed by atoms with Gasteiger partial charge in [0.15, 0.2) is 5.01 Å². The molecule has 1 aliphatic carbocycles. The van der Waals surface area contributed by atoms with Crippen molar-refractivity contribution in [3.63, 3.8) is 0 Å². The lowest BCUT2D eigenvalue weighted by molar-refractivity contribution is -0.125. The molecule has 1 aromatic rings. The van der Waals surface area contributed by atoms with Crippen molar-refractivity contribution in [1.29, 1.82) is 0 Å². The Bertz CT molecular complexity index is 455. The zero-order valence-electron chi connectivity index (χ0n) is 12.2. The van der Waals surface area contributed by atoms with Gasteiger partial charge < -0.3 is 11.1 Å². The van der Waals surface area contributed by atoms with Crippen LogP contribution in [0.4, 0.5) is 0 Å². The molecule has 6 heteroatoms. The number of Topliss-reactive ketones (excluding diaryl/α,β-unsaturated/α-hetero) is 1. The van der Waals surface area contributed by atoms with Gasteiger partial charge in [0, 0.05) is 17.5 Å². The first-order valence-electron chi connectivity index (χ1n) is 7.66. The number of hydrogen-bond donors (Lipinski definition) is 2. The molecule has 1 fully saturated rings. The van der Waals surface area contributed by atoms with Crippen LogP contribution in [-0.2, 0) is 4.79 Å². The Morgan fingerprint density at radius 3 is 2.76 bits per heavy atom. The molecule has 5 nitrogen and oxygen atoms in total. The number of thiazole rings is 1. The summed E-state index contributed by atoms with van der Waals surface area (Å²) in [6.45, 7) is 0.606. The summed E-state index contributed by atoms with van der Waals surface area (Å²) in [7, 11) is 0. The standard InChI is InChI=1S/C15H23N3O2S/c16-8-4-3-7-12(13(19)15-17-9-10-21-15)18-14(20)11-5-1-2-6-11/h9-12H,1-8,16H2,(H,18,20)/t12-/m0/s1. The van der Waals surface area contributed by atoms with Gasteiger partial charge in [-0.15, -0.1) is 11.3 Å². The Labute approximate surface area is 129 Å². The molecular formula is C15H23N3O2S. The number of aromatic nitrogens is 1. The zero-order chi connectivity index (χ0) is 15.1. The third-order valence-corrected chi connectivity index (χ3v) is 4.74. The molecule has 1 aromatic heterocycles. The molecule has 0 aliphatic heterocycles. The number of nitrogens with two attached hydrogens (primary N) is 1. The van der Waals surface area contributed by atoms with E-state index in [1.54, 1.807) is 11.6 Å². The second-order valence-electron chi connectivity index (χ2n) is 5.53. The predicted molar refractivity (Wildman–Crippen MR) is 83.2 cm³/mol. The van der Waals surface area contributed by atoms with Crippen molar-refractivity contribution in [3.8, 4) is 0 Å². The maximum absolute atomic E-state index is 12.5. The van der Waals surface area contributed by atoms with Crippen LogP contribution in [0.25, 0.3) is 0 Å². The highest BCUT2D eigenvalue weighted by atomic mass is 32.1. The van der Waals surface area contributed by atoms with E-state index >= 15 is 0 Å². The minimum Gasteiger partial charge on any atom is -0.346 e. The zero-order valence-corrected chi connectivity index (χ0v) is 13.0. The summed E-state index contributed by atoms with van der Waals surface area (Å²) in [4.78, 5) is 28.8. The summed E-state index contributed by atoms with van der Waals surface area (Å²) in [5.74, 6) is 0.0228. The van der Waals surface area contributed by atoms with E-state index in [9.17, 15) is 9.59 Å². The molecule has 1 heterocycles. The number of unbranched alkanes of at least 4 members (excludes halogenated alkanes) is 1. The number of amides is 1. The Hall–Kier alpha value is -1.27. The van der Waals surface area contributed by atoms with Crippen LogP contribution >= 0.6 is 11.3 Å². The Morgan fingerprint density at radius 1 is 1.38 bits per heavy atom. The summed E-state index contributed by atoms with van der Waals surface area (Å²) in [5.41, 5.74) is 5.50. The van der Waals surface area contributed by atoms with E-state index in [1.165, 1.54) is 11.3 Å². The summed E-state index contributed by atoms with van der Waals surface area (Å²) in [6, 6.07) is -0.462. The van der Waals surface area contributed by atoms with Crippen LogP contribution < -0.4 is 11.1 Å².